The Morgan fingerprint density at radius 2 is 1.29 bits per heavy atom. The molecule has 0 saturated heterocycles. The van der Waals surface area contributed by atoms with Gasteiger partial charge < -0.3 is 5.32 Å². The Balaban J connectivity index is 2.17. The second kappa shape index (κ2) is 7.99. The second-order valence-corrected chi connectivity index (χ2v) is 6.07. The van der Waals surface area contributed by atoms with Gasteiger partial charge in [0.25, 0.3) is 0 Å². The van der Waals surface area contributed by atoms with Gasteiger partial charge in [0.1, 0.15) is 0 Å². The molecule has 0 saturated carbocycles. The van der Waals surface area contributed by atoms with Crippen LogP contribution in [-0.2, 0) is 0 Å². The van der Waals surface area contributed by atoms with Crippen molar-refractivity contribution in [3.63, 3.8) is 0 Å². The lowest BCUT2D eigenvalue weighted by molar-refractivity contribution is 0.393. The van der Waals surface area contributed by atoms with Crippen molar-refractivity contribution < 1.29 is 0 Å². The van der Waals surface area contributed by atoms with Crippen LogP contribution in [0, 0.1) is 5.92 Å². The minimum atomic E-state index is 0.270. The SMILES string of the molecule is CCC(C)CC(C)NC(c1ccccc1)c1ccccc1. The van der Waals surface area contributed by atoms with Gasteiger partial charge in [-0.3, -0.25) is 0 Å². The number of benzene rings is 2. The highest BCUT2D eigenvalue weighted by molar-refractivity contribution is 5.31. The molecule has 2 aromatic carbocycles. The van der Waals surface area contributed by atoms with Crippen LogP contribution < -0.4 is 5.32 Å². The predicted octanol–water partition coefficient (Wildman–Crippen LogP) is 5.19. The summed E-state index contributed by atoms with van der Waals surface area (Å²) in [5, 5.41) is 3.81. The van der Waals surface area contributed by atoms with E-state index in [1.54, 1.807) is 0 Å². The van der Waals surface area contributed by atoms with E-state index in [4.69, 9.17) is 0 Å². The van der Waals surface area contributed by atoms with Crippen molar-refractivity contribution in [2.45, 2.75) is 45.7 Å². The first kappa shape index (κ1) is 15.8. The summed E-state index contributed by atoms with van der Waals surface area (Å²) in [5.74, 6) is 0.764. The molecule has 0 spiro atoms. The van der Waals surface area contributed by atoms with Crippen LogP contribution in [0.15, 0.2) is 60.7 Å². The molecule has 0 bridgehead atoms. The summed E-state index contributed by atoms with van der Waals surface area (Å²) in [7, 11) is 0. The summed E-state index contributed by atoms with van der Waals surface area (Å²) in [6, 6.07) is 22.2. The van der Waals surface area contributed by atoms with Gasteiger partial charge in [0.15, 0.2) is 0 Å². The van der Waals surface area contributed by atoms with Gasteiger partial charge in [-0.1, -0.05) is 80.9 Å². The topological polar surface area (TPSA) is 12.0 Å². The molecule has 0 aliphatic carbocycles. The zero-order chi connectivity index (χ0) is 15.1. The lowest BCUT2D eigenvalue weighted by Crippen LogP contribution is -2.32. The molecule has 0 aliphatic heterocycles. The summed E-state index contributed by atoms with van der Waals surface area (Å²) in [6.45, 7) is 6.90. The molecule has 2 rings (SSSR count). The summed E-state index contributed by atoms with van der Waals surface area (Å²) in [6.07, 6.45) is 2.46. The van der Waals surface area contributed by atoms with E-state index in [0.717, 1.165) is 5.92 Å². The van der Waals surface area contributed by atoms with Gasteiger partial charge in [0.05, 0.1) is 6.04 Å². The molecule has 2 aromatic rings. The minimum Gasteiger partial charge on any atom is -0.304 e. The van der Waals surface area contributed by atoms with E-state index in [1.165, 1.54) is 24.0 Å². The number of nitrogens with one attached hydrogen (secondary N) is 1. The van der Waals surface area contributed by atoms with E-state index >= 15 is 0 Å². The van der Waals surface area contributed by atoms with Crippen molar-refractivity contribution in [1.82, 2.24) is 5.32 Å². The van der Waals surface area contributed by atoms with Crippen LogP contribution in [0.1, 0.15) is 50.8 Å². The Kier molecular flexibility index (Phi) is 6.01. The third-order valence-corrected chi connectivity index (χ3v) is 4.17. The van der Waals surface area contributed by atoms with E-state index in [-0.39, 0.29) is 6.04 Å². The van der Waals surface area contributed by atoms with Crippen molar-refractivity contribution in [2.24, 2.45) is 5.92 Å². The Bertz CT molecular complexity index is 466. The van der Waals surface area contributed by atoms with E-state index in [1.807, 2.05) is 0 Å². The van der Waals surface area contributed by atoms with E-state index in [2.05, 4.69) is 86.8 Å². The maximum atomic E-state index is 3.81. The maximum absolute atomic E-state index is 3.81. The average Bonchev–Trinajstić information content (AvgIpc) is 2.54. The van der Waals surface area contributed by atoms with Gasteiger partial charge in [0, 0.05) is 6.04 Å². The number of hydrogen-bond donors (Lipinski definition) is 1. The highest BCUT2D eigenvalue weighted by Gasteiger charge is 2.17. The fourth-order valence-corrected chi connectivity index (χ4v) is 2.80. The normalized spacial score (nSPS) is 14.1. The molecule has 2 unspecified atom stereocenters. The predicted molar refractivity (Wildman–Crippen MR) is 91.4 cm³/mol. The molecule has 21 heavy (non-hydrogen) atoms. The monoisotopic (exact) mass is 281 g/mol. The first-order valence-electron chi connectivity index (χ1n) is 8.06. The molecule has 112 valence electrons. The first-order chi connectivity index (χ1) is 10.2. The molecule has 0 radical (unpaired) electrons. The molecule has 0 aromatic heterocycles. The largest absolute Gasteiger partial charge is 0.304 e. The summed E-state index contributed by atoms with van der Waals surface area (Å²) < 4.78 is 0. The van der Waals surface area contributed by atoms with E-state index in [0.29, 0.717) is 6.04 Å². The second-order valence-electron chi connectivity index (χ2n) is 6.07. The quantitative estimate of drug-likeness (QED) is 0.736. The van der Waals surface area contributed by atoms with Crippen molar-refractivity contribution in [1.29, 1.82) is 0 Å². The van der Waals surface area contributed by atoms with Crippen molar-refractivity contribution in [3.05, 3.63) is 71.8 Å². The van der Waals surface area contributed by atoms with Crippen LogP contribution in [0.3, 0.4) is 0 Å². The third kappa shape index (κ3) is 4.71. The zero-order valence-electron chi connectivity index (χ0n) is 13.4. The van der Waals surface area contributed by atoms with Crippen LogP contribution in [0.2, 0.25) is 0 Å². The third-order valence-electron chi connectivity index (χ3n) is 4.17. The van der Waals surface area contributed by atoms with Gasteiger partial charge in [-0.05, 0) is 30.4 Å². The van der Waals surface area contributed by atoms with Gasteiger partial charge in [-0.2, -0.15) is 0 Å². The minimum absolute atomic E-state index is 0.270. The Labute approximate surface area is 129 Å². The Hall–Kier alpha value is -1.60. The highest BCUT2D eigenvalue weighted by atomic mass is 14.9. The molecule has 0 aliphatic rings. The molecule has 0 fully saturated rings. The standard InChI is InChI=1S/C20H27N/c1-4-16(2)15-17(3)21-20(18-11-7-5-8-12-18)19-13-9-6-10-14-19/h5-14,16-17,20-21H,4,15H2,1-3H3. The number of rotatable bonds is 7. The first-order valence-corrected chi connectivity index (χ1v) is 8.06. The van der Waals surface area contributed by atoms with Gasteiger partial charge >= 0.3 is 0 Å². The summed E-state index contributed by atoms with van der Waals surface area (Å²) >= 11 is 0. The highest BCUT2D eigenvalue weighted by Crippen LogP contribution is 2.23. The van der Waals surface area contributed by atoms with Gasteiger partial charge in [-0.15, -0.1) is 0 Å². The van der Waals surface area contributed by atoms with Gasteiger partial charge in [0.2, 0.25) is 0 Å². The lowest BCUT2D eigenvalue weighted by Gasteiger charge is -2.26. The van der Waals surface area contributed by atoms with Gasteiger partial charge in [-0.25, -0.2) is 0 Å². The molecule has 1 nitrogen and oxygen atoms in total. The van der Waals surface area contributed by atoms with Crippen LogP contribution in [-0.4, -0.2) is 6.04 Å². The molecule has 2 atom stereocenters. The molecular formula is C20H27N. The summed E-state index contributed by atoms with van der Waals surface area (Å²) in [4.78, 5) is 0. The average molecular weight is 281 g/mol. The van der Waals surface area contributed by atoms with Crippen LogP contribution in [0.5, 0.6) is 0 Å². The van der Waals surface area contributed by atoms with Crippen molar-refractivity contribution in [3.8, 4) is 0 Å². The molecule has 1 heteroatoms. The molecule has 1 N–H and O–H groups in total. The lowest BCUT2D eigenvalue weighted by atomic mass is 9.95. The fourth-order valence-electron chi connectivity index (χ4n) is 2.80. The Morgan fingerprint density at radius 1 is 0.810 bits per heavy atom. The molecular weight excluding hydrogens is 254 g/mol. The Morgan fingerprint density at radius 3 is 1.71 bits per heavy atom. The molecule has 0 heterocycles. The van der Waals surface area contributed by atoms with Crippen molar-refractivity contribution in [2.75, 3.05) is 0 Å². The maximum Gasteiger partial charge on any atom is 0.0578 e. The van der Waals surface area contributed by atoms with Crippen LogP contribution >= 0.6 is 0 Å². The molecule has 0 amide bonds. The van der Waals surface area contributed by atoms with E-state index < -0.39 is 0 Å². The fraction of sp³-hybridized carbons (Fsp3) is 0.400. The zero-order valence-corrected chi connectivity index (χ0v) is 13.4. The smallest absolute Gasteiger partial charge is 0.0578 e. The van der Waals surface area contributed by atoms with Crippen LogP contribution in [0.25, 0.3) is 0 Å². The van der Waals surface area contributed by atoms with Crippen molar-refractivity contribution >= 4 is 0 Å². The summed E-state index contributed by atoms with van der Waals surface area (Å²) in [5.41, 5.74) is 2.67. The van der Waals surface area contributed by atoms with E-state index in [9.17, 15) is 0 Å². The van der Waals surface area contributed by atoms with Crippen LogP contribution in [0.4, 0.5) is 0 Å². The number of hydrogen-bond acceptors (Lipinski definition) is 1.